The number of halogens is 1. The summed E-state index contributed by atoms with van der Waals surface area (Å²) in [5.41, 5.74) is 2.26. The van der Waals surface area contributed by atoms with E-state index in [1.165, 1.54) is 16.2 Å². The van der Waals surface area contributed by atoms with Gasteiger partial charge >= 0.3 is 0 Å². The number of amides is 1. The summed E-state index contributed by atoms with van der Waals surface area (Å²) in [4.78, 5) is 17.4. The highest BCUT2D eigenvalue weighted by Crippen LogP contribution is 2.38. The Hall–Kier alpha value is -1.71. The van der Waals surface area contributed by atoms with Gasteiger partial charge in [-0.3, -0.25) is 4.79 Å². The summed E-state index contributed by atoms with van der Waals surface area (Å²) in [5, 5.41) is 12.8. The Morgan fingerprint density at radius 1 is 1.50 bits per heavy atom. The summed E-state index contributed by atoms with van der Waals surface area (Å²) < 4.78 is 0.610. The van der Waals surface area contributed by atoms with Crippen LogP contribution in [-0.2, 0) is 12.8 Å². The summed E-state index contributed by atoms with van der Waals surface area (Å²) in [7, 11) is 0. The molecule has 20 heavy (non-hydrogen) atoms. The van der Waals surface area contributed by atoms with Gasteiger partial charge in [0.1, 0.15) is 15.7 Å². The SMILES string of the molecule is N#Cc1c(NC(=O)c2ccnc(Br)c2)sc2c1CCC2. The number of pyridine rings is 1. The van der Waals surface area contributed by atoms with Crippen molar-refractivity contribution >= 4 is 38.2 Å². The molecule has 0 saturated heterocycles. The average Bonchev–Trinajstić information content (AvgIpc) is 2.98. The van der Waals surface area contributed by atoms with Gasteiger partial charge in [0.25, 0.3) is 5.91 Å². The van der Waals surface area contributed by atoms with E-state index >= 15 is 0 Å². The summed E-state index contributed by atoms with van der Waals surface area (Å²) in [6.07, 6.45) is 4.61. The highest BCUT2D eigenvalue weighted by atomic mass is 79.9. The van der Waals surface area contributed by atoms with Gasteiger partial charge in [-0.05, 0) is 52.9 Å². The first kappa shape index (κ1) is 13.3. The molecule has 1 aliphatic carbocycles. The van der Waals surface area contributed by atoms with Crippen LogP contribution in [0.3, 0.4) is 0 Å². The molecular formula is C14H10BrN3OS. The molecular weight excluding hydrogens is 338 g/mol. The molecule has 0 radical (unpaired) electrons. The fraction of sp³-hybridized carbons (Fsp3) is 0.214. The number of nitrogens with zero attached hydrogens (tertiary/aromatic N) is 2. The molecule has 1 aliphatic rings. The Labute approximate surface area is 128 Å². The number of nitriles is 1. The largest absolute Gasteiger partial charge is 0.312 e. The van der Waals surface area contributed by atoms with Crippen molar-refractivity contribution in [3.63, 3.8) is 0 Å². The maximum atomic E-state index is 12.2. The minimum absolute atomic E-state index is 0.218. The molecule has 0 atom stereocenters. The first-order chi connectivity index (χ1) is 9.69. The van der Waals surface area contributed by atoms with Crippen molar-refractivity contribution in [3.05, 3.63) is 44.5 Å². The third-order valence-electron chi connectivity index (χ3n) is 3.25. The van der Waals surface area contributed by atoms with Gasteiger partial charge in [-0.15, -0.1) is 11.3 Å². The standard InChI is InChI=1S/C14H10BrN3OS/c15-12-6-8(4-5-17-12)13(19)18-14-10(7-16)9-2-1-3-11(9)20-14/h4-6H,1-3H2,(H,18,19). The van der Waals surface area contributed by atoms with Crippen LogP contribution in [0.2, 0.25) is 0 Å². The first-order valence-corrected chi connectivity index (χ1v) is 7.77. The molecule has 0 spiro atoms. The van der Waals surface area contributed by atoms with Crippen molar-refractivity contribution in [1.29, 1.82) is 5.26 Å². The zero-order valence-corrected chi connectivity index (χ0v) is 12.8. The number of hydrogen-bond acceptors (Lipinski definition) is 4. The normalized spacial score (nSPS) is 12.8. The number of carbonyl (C=O) groups is 1. The van der Waals surface area contributed by atoms with Crippen LogP contribution in [0.15, 0.2) is 22.9 Å². The molecule has 0 fully saturated rings. The molecule has 0 unspecified atom stereocenters. The number of aromatic nitrogens is 1. The number of hydrogen-bond donors (Lipinski definition) is 1. The lowest BCUT2D eigenvalue weighted by molar-refractivity contribution is 0.102. The third kappa shape index (κ3) is 2.35. The molecule has 3 rings (SSSR count). The molecule has 1 N–H and O–H groups in total. The lowest BCUT2D eigenvalue weighted by atomic mass is 10.1. The van der Waals surface area contributed by atoms with Crippen molar-refractivity contribution in [2.75, 3.05) is 5.32 Å². The van der Waals surface area contributed by atoms with Gasteiger partial charge in [-0.1, -0.05) is 0 Å². The second-order valence-corrected chi connectivity index (χ2v) is 6.41. The average molecular weight is 348 g/mol. The van der Waals surface area contributed by atoms with Crippen LogP contribution in [0.25, 0.3) is 0 Å². The zero-order chi connectivity index (χ0) is 14.1. The minimum Gasteiger partial charge on any atom is -0.312 e. The minimum atomic E-state index is -0.218. The fourth-order valence-electron chi connectivity index (χ4n) is 2.33. The maximum Gasteiger partial charge on any atom is 0.256 e. The number of anilines is 1. The summed E-state index contributed by atoms with van der Waals surface area (Å²) in [5.74, 6) is -0.218. The molecule has 100 valence electrons. The van der Waals surface area contributed by atoms with E-state index in [1.54, 1.807) is 18.3 Å². The number of aryl methyl sites for hydroxylation is 1. The molecule has 2 aromatic rings. The van der Waals surface area contributed by atoms with Crippen molar-refractivity contribution < 1.29 is 4.79 Å². The van der Waals surface area contributed by atoms with E-state index < -0.39 is 0 Å². The Balaban J connectivity index is 1.89. The second-order valence-electron chi connectivity index (χ2n) is 4.49. The van der Waals surface area contributed by atoms with Crippen LogP contribution in [0, 0.1) is 11.3 Å². The van der Waals surface area contributed by atoms with Crippen molar-refractivity contribution in [1.82, 2.24) is 4.98 Å². The lowest BCUT2D eigenvalue weighted by Crippen LogP contribution is -2.12. The lowest BCUT2D eigenvalue weighted by Gasteiger charge is -2.04. The predicted molar refractivity (Wildman–Crippen MR) is 80.9 cm³/mol. The van der Waals surface area contributed by atoms with E-state index in [-0.39, 0.29) is 5.91 Å². The van der Waals surface area contributed by atoms with Gasteiger partial charge in [-0.25, -0.2) is 4.98 Å². The van der Waals surface area contributed by atoms with Gasteiger partial charge < -0.3 is 5.32 Å². The molecule has 1 amide bonds. The van der Waals surface area contributed by atoms with E-state index in [4.69, 9.17) is 0 Å². The molecule has 4 nitrogen and oxygen atoms in total. The van der Waals surface area contributed by atoms with Gasteiger partial charge in [0.2, 0.25) is 0 Å². The topological polar surface area (TPSA) is 65.8 Å². The van der Waals surface area contributed by atoms with Crippen LogP contribution >= 0.6 is 27.3 Å². The Morgan fingerprint density at radius 2 is 2.35 bits per heavy atom. The number of thiophene rings is 1. The summed E-state index contributed by atoms with van der Waals surface area (Å²) in [6.45, 7) is 0. The molecule has 0 aromatic carbocycles. The Kier molecular flexibility index (Phi) is 3.55. The third-order valence-corrected chi connectivity index (χ3v) is 4.89. The zero-order valence-electron chi connectivity index (χ0n) is 10.4. The summed E-state index contributed by atoms with van der Waals surface area (Å²) in [6, 6.07) is 5.52. The van der Waals surface area contributed by atoms with Crippen molar-refractivity contribution in [3.8, 4) is 6.07 Å². The van der Waals surface area contributed by atoms with Crippen LogP contribution < -0.4 is 5.32 Å². The second kappa shape index (κ2) is 5.35. The van der Waals surface area contributed by atoms with Crippen LogP contribution in [0.5, 0.6) is 0 Å². The van der Waals surface area contributed by atoms with Gasteiger partial charge in [0.15, 0.2) is 0 Å². The highest BCUT2D eigenvalue weighted by molar-refractivity contribution is 9.10. The quantitative estimate of drug-likeness (QED) is 0.845. The smallest absolute Gasteiger partial charge is 0.256 e. The van der Waals surface area contributed by atoms with Gasteiger partial charge in [0, 0.05) is 16.6 Å². The molecule has 6 heteroatoms. The van der Waals surface area contributed by atoms with Crippen LogP contribution in [0.1, 0.15) is 32.8 Å². The summed E-state index contributed by atoms with van der Waals surface area (Å²) >= 11 is 4.76. The number of fused-ring (bicyclic) bond motifs is 1. The van der Waals surface area contributed by atoms with E-state index in [2.05, 4.69) is 32.3 Å². The molecule has 0 saturated carbocycles. The van der Waals surface area contributed by atoms with Gasteiger partial charge in [-0.2, -0.15) is 5.26 Å². The maximum absolute atomic E-state index is 12.2. The molecule has 2 heterocycles. The fourth-order valence-corrected chi connectivity index (χ4v) is 3.93. The first-order valence-electron chi connectivity index (χ1n) is 6.16. The molecule has 0 bridgehead atoms. The predicted octanol–water partition coefficient (Wildman–Crippen LogP) is 3.52. The van der Waals surface area contributed by atoms with Crippen LogP contribution in [-0.4, -0.2) is 10.9 Å². The van der Waals surface area contributed by atoms with E-state index in [9.17, 15) is 10.1 Å². The Morgan fingerprint density at radius 3 is 3.10 bits per heavy atom. The Bertz CT molecular complexity index is 733. The number of carbonyl (C=O) groups excluding carboxylic acids is 1. The van der Waals surface area contributed by atoms with Crippen molar-refractivity contribution in [2.45, 2.75) is 19.3 Å². The monoisotopic (exact) mass is 347 g/mol. The van der Waals surface area contributed by atoms with Gasteiger partial charge in [0.05, 0.1) is 5.56 Å². The number of nitrogens with one attached hydrogen (secondary N) is 1. The van der Waals surface area contributed by atoms with E-state index in [1.807, 2.05) is 0 Å². The highest BCUT2D eigenvalue weighted by Gasteiger charge is 2.23. The van der Waals surface area contributed by atoms with Crippen LogP contribution in [0.4, 0.5) is 5.00 Å². The van der Waals surface area contributed by atoms with E-state index in [0.29, 0.717) is 20.7 Å². The number of rotatable bonds is 2. The molecule has 0 aliphatic heterocycles. The molecule has 2 aromatic heterocycles. The van der Waals surface area contributed by atoms with Crippen molar-refractivity contribution in [2.24, 2.45) is 0 Å². The van der Waals surface area contributed by atoms with E-state index in [0.717, 1.165) is 24.8 Å².